The molecule has 0 atom stereocenters. The monoisotopic (exact) mass is 362 g/mol. The molecule has 1 heterocycles. The molecular formula is C19H26N2O3S. The number of para-hydroxylation sites is 1. The topological polar surface area (TPSA) is 61.2 Å². The van der Waals surface area contributed by atoms with Crippen LogP contribution in [0.25, 0.3) is 10.9 Å². The van der Waals surface area contributed by atoms with Gasteiger partial charge in [0.25, 0.3) is 5.56 Å². The van der Waals surface area contributed by atoms with Gasteiger partial charge in [0.05, 0.1) is 22.8 Å². The second-order valence-corrected chi connectivity index (χ2v) is 7.20. The van der Waals surface area contributed by atoms with Gasteiger partial charge >= 0.3 is 5.97 Å². The van der Waals surface area contributed by atoms with Crippen LogP contribution in [0.15, 0.2) is 34.2 Å². The minimum Gasteiger partial charge on any atom is -0.462 e. The first-order chi connectivity index (χ1) is 12.0. The fraction of sp³-hybridized carbons (Fsp3) is 0.526. The number of thioether (sulfide) groups is 1. The van der Waals surface area contributed by atoms with E-state index in [1.165, 1.54) is 11.8 Å². The van der Waals surface area contributed by atoms with Gasteiger partial charge in [-0.3, -0.25) is 14.2 Å². The number of ether oxygens (including phenoxy) is 1. The molecule has 0 saturated carbocycles. The van der Waals surface area contributed by atoms with Crippen LogP contribution in [0.3, 0.4) is 0 Å². The van der Waals surface area contributed by atoms with E-state index in [0.29, 0.717) is 22.6 Å². The van der Waals surface area contributed by atoms with Gasteiger partial charge in [0.15, 0.2) is 5.16 Å². The van der Waals surface area contributed by atoms with Crippen LogP contribution in [0.2, 0.25) is 0 Å². The van der Waals surface area contributed by atoms with Gasteiger partial charge < -0.3 is 4.74 Å². The van der Waals surface area contributed by atoms with Crippen LogP contribution >= 0.6 is 11.8 Å². The molecule has 0 saturated heterocycles. The van der Waals surface area contributed by atoms with E-state index < -0.39 is 0 Å². The van der Waals surface area contributed by atoms with Crippen molar-refractivity contribution in [3.8, 4) is 0 Å². The highest BCUT2D eigenvalue weighted by Crippen LogP contribution is 2.19. The summed E-state index contributed by atoms with van der Waals surface area (Å²) in [7, 11) is 0. The summed E-state index contributed by atoms with van der Waals surface area (Å²) in [5.41, 5.74) is 0.624. The minimum atomic E-state index is -0.292. The van der Waals surface area contributed by atoms with E-state index in [2.05, 4.69) is 11.9 Å². The first kappa shape index (κ1) is 19.5. The smallest absolute Gasteiger partial charge is 0.316 e. The third kappa shape index (κ3) is 5.59. The standard InChI is InChI=1S/C19H26N2O3S/c1-4-5-6-9-12-21-18(23)15-10-7-8-11-16(15)20-19(21)25-13-17(22)24-14(2)3/h7-8,10-11,14H,4-6,9,12-13H2,1-3H3. The zero-order valence-corrected chi connectivity index (χ0v) is 16.0. The molecule has 136 valence electrons. The lowest BCUT2D eigenvalue weighted by Gasteiger charge is -2.13. The molecule has 2 rings (SSSR count). The number of unbranched alkanes of at least 4 members (excludes halogenated alkanes) is 3. The van der Waals surface area contributed by atoms with Gasteiger partial charge in [0, 0.05) is 6.54 Å². The number of hydrogen-bond donors (Lipinski definition) is 0. The SMILES string of the molecule is CCCCCCn1c(SCC(=O)OC(C)C)nc2ccccc2c1=O. The Kier molecular flexibility index (Phi) is 7.50. The summed E-state index contributed by atoms with van der Waals surface area (Å²) in [5.74, 6) is -0.141. The molecule has 25 heavy (non-hydrogen) atoms. The summed E-state index contributed by atoms with van der Waals surface area (Å²) in [6, 6.07) is 7.34. The molecular weight excluding hydrogens is 336 g/mol. The average molecular weight is 362 g/mol. The molecule has 0 aliphatic carbocycles. The number of carbonyl (C=O) groups excluding carboxylic acids is 1. The van der Waals surface area contributed by atoms with Crippen LogP contribution < -0.4 is 5.56 Å². The number of rotatable bonds is 9. The van der Waals surface area contributed by atoms with Crippen molar-refractivity contribution >= 4 is 28.6 Å². The summed E-state index contributed by atoms with van der Waals surface area (Å²) >= 11 is 1.27. The Balaban J connectivity index is 2.25. The molecule has 5 nitrogen and oxygen atoms in total. The Hall–Kier alpha value is -1.82. The summed E-state index contributed by atoms with van der Waals surface area (Å²) in [6.07, 6.45) is 4.16. The van der Waals surface area contributed by atoms with E-state index in [4.69, 9.17) is 4.74 Å². The minimum absolute atomic E-state index is 0.0400. The second kappa shape index (κ2) is 9.61. The Morgan fingerprint density at radius 1 is 1.24 bits per heavy atom. The van der Waals surface area contributed by atoms with Crippen LogP contribution in [0.4, 0.5) is 0 Å². The van der Waals surface area contributed by atoms with Gasteiger partial charge in [-0.15, -0.1) is 0 Å². The van der Waals surface area contributed by atoms with Crippen LogP contribution in [0.5, 0.6) is 0 Å². The number of benzene rings is 1. The lowest BCUT2D eigenvalue weighted by atomic mass is 10.2. The third-order valence-electron chi connectivity index (χ3n) is 3.75. The van der Waals surface area contributed by atoms with E-state index in [9.17, 15) is 9.59 Å². The van der Waals surface area contributed by atoms with Gasteiger partial charge in [-0.25, -0.2) is 4.98 Å². The van der Waals surface area contributed by atoms with Gasteiger partial charge in [-0.05, 0) is 32.4 Å². The highest BCUT2D eigenvalue weighted by atomic mass is 32.2. The van der Waals surface area contributed by atoms with Crippen molar-refractivity contribution in [3.05, 3.63) is 34.6 Å². The summed E-state index contributed by atoms with van der Waals surface area (Å²) in [4.78, 5) is 29.3. The molecule has 0 unspecified atom stereocenters. The van der Waals surface area contributed by atoms with E-state index in [1.807, 2.05) is 32.0 Å². The average Bonchev–Trinajstić information content (AvgIpc) is 2.58. The first-order valence-electron chi connectivity index (χ1n) is 8.84. The highest BCUT2D eigenvalue weighted by Gasteiger charge is 2.14. The number of fused-ring (bicyclic) bond motifs is 1. The molecule has 0 bridgehead atoms. The molecule has 0 spiro atoms. The van der Waals surface area contributed by atoms with E-state index in [0.717, 1.165) is 25.7 Å². The number of esters is 1. The summed E-state index contributed by atoms with van der Waals surface area (Å²) < 4.78 is 6.87. The predicted molar refractivity (Wildman–Crippen MR) is 102 cm³/mol. The fourth-order valence-corrected chi connectivity index (χ4v) is 3.38. The molecule has 1 aromatic carbocycles. The maximum Gasteiger partial charge on any atom is 0.316 e. The highest BCUT2D eigenvalue weighted by molar-refractivity contribution is 7.99. The molecule has 1 aromatic heterocycles. The van der Waals surface area contributed by atoms with E-state index >= 15 is 0 Å². The summed E-state index contributed by atoms with van der Waals surface area (Å²) in [6.45, 7) is 6.42. The van der Waals surface area contributed by atoms with Crippen LogP contribution in [0.1, 0.15) is 46.5 Å². The predicted octanol–water partition coefficient (Wildman–Crippen LogP) is 4.02. The van der Waals surface area contributed by atoms with Crippen LogP contribution in [-0.2, 0) is 16.1 Å². The van der Waals surface area contributed by atoms with Gasteiger partial charge in [-0.1, -0.05) is 50.1 Å². The maximum atomic E-state index is 12.8. The molecule has 0 fully saturated rings. The molecule has 0 aliphatic rings. The van der Waals surface area contributed by atoms with Gasteiger partial charge in [0.1, 0.15) is 0 Å². The molecule has 0 radical (unpaired) electrons. The zero-order chi connectivity index (χ0) is 18.2. The van der Waals surface area contributed by atoms with Gasteiger partial charge in [0.2, 0.25) is 0 Å². The molecule has 2 aromatic rings. The number of nitrogens with zero attached hydrogens (tertiary/aromatic N) is 2. The van der Waals surface area contributed by atoms with Crippen molar-refractivity contribution < 1.29 is 9.53 Å². The largest absolute Gasteiger partial charge is 0.462 e. The Morgan fingerprint density at radius 3 is 2.72 bits per heavy atom. The van der Waals surface area contributed by atoms with Crippen LogP contribution in [0, 0.1) is 0 Å². The van der Waals surface area contributed by atoms with Crippen molar-refractivity contribution in [2.24, 2.45) is 0 Å². The number of carbonyl (C=O) groups is 1. The summed E-state index contributed by atoms with van der Waals surface area (Å²) in [5, 5.41) is 1.20. The first-order valence-corrected chi connectivity index (χ1v) is 9.83. The molecule has 0 N–H and O–H groups in total. The molecule has 0 amide bonds. The lowest BCUT2D eigenvalue weighted by molar-refractivity contribution is -0.144. The number of hydrogen-bond acceptors (Lipinski definition) is 5. The Morgan fingerprint density at radius 2 is 2.00 bits per heavy atom. The molecule has 6 heteroatoms. The van der Waals surface area contributed by atoms with E-state index in [-0.39, 0.29) is 23.4 Å². The normalized spacial score (nSPS) is 11.2. The Bertz CT molecular complexity index is 771. The second-order valence-electron chi connectivity index (χ2n) is 6.26. The van der Waals surface area contributed by atoms with Crippen molar-refractivity contribution in [1.29, 1.82) is 0 Å². The quantitative estimate of drug-likeness (QED) is 0.292. The van der Waals surface area contributed by atoms with Crippen molar-refractivity contribution in [2.45, 2.75) is 64.3 Å². The Labute approximate surface area is 152 Å². The number of aromatic nitrogens is 2. The maximum absolute atomic E-state index is 12.8. The van der Waals surface area contributed by atoms with E-state index in [1.54, 1.807) is 10.6 Å². The molecule has 0 aliphatic heterocycles. The fourth-order valence-electron chi connectivity index (χ4n) is 2.57. The third-order valence-corrected chi connectivity index (χ3v) is 4.70. The van der Waals surface area contributed by atoms with Crippen LogP contribution in [-0.4, -0.2) is 27.4 Å². The van der Waals surface area contributed by atoms with Gasteiger partial charge in [-0.2, -0.15) is 0 Å². The lowest BCUT2D eigenvalue weighted by Crippen LogP contribution is -2.24. The zero-order valence-electron chi connectivity index (χ0n) is 15.2. The van der Waals surface area contributed by atoms with Crippen molar-refractivity contribution in [2.75, 3.05) is 5.75 Å². The van der Waals surface area contributed by atoms with Crippen molar-refractivity contribution in [3.63, 3.8) is 0 Å². The van der Waals surface area contributed by atoms with Crippen molar-refractivity contribution in [1.82, 2.24) is 9.55 Å².